The first kappa shape index (κ1) is 13.9. The van der Waals surface area contributed by atoms with Gasteiger partial charge in [-0.25, -0.2) is 0 Å². The fraction of sp³-hybridized carbons (Fsp3) is 0.0769. The Bertz CT molecular complexity index is 627. The molecule has 1 heterocycles. The molecule has 1 aromatic carbocycles. The van der Waals surface area contributed by atoms with E-state index < -0.39 is 17.9 Å². The van der Waals surface area contributed by atoms with Crippen molar-refractivity contribution in [2.45, 2.75) is 6.36 Å². The highest BCUT2D eigenvalue weighted by atomic mass is 19.4. The molecule has 20 heavy (non-hydrogen) atoms. The number of halogens is 3. The highest BCUT2D eigenvalue weighted by molar-refractivity contribution is 6.09. The Morgan fingerprint density at radius 3 is 2.55 bits per heavy atom. The number of anilines is 1. The summed E-state index contributed by atoms with van der Waals surface area (Å²) in [5.41, 5.74) is 5.72. The minimum Gasteiger partial charge on any atom is -0.406 e. The summed E-state index contributed by atoms with van der Waals surface area (Å²) < 4.78 is 40.3. The number of hydrogen-bond donors (Lipinski definition) is 1. The zero-order valence-electron chi connectivity index (χ0n) is 10.0. The van der Waals surface area contributed by atoms with Crippen molar-refractivity contribution in [3.8, 4) is 5.75 Å². The number of nitrogen functional groups attached to an aromatic ring is 1. The lowest BCUT2D eigenvalue weighted by Gasteiger charge is -2.11. The minimum absolute atomic E-state index is 0.000935. The zero-order valence-corrected chi connectivity index (χ0v) is 10.0. The van der Waals surface area contributed by atoms with Gasteiger partial charge in [-0.3, -0.25) is 9.78 Å². The Morgan fingerprint density at radius 1 is 1.20 bits per heavy atom. The summed E-state index contributed by atoms with van der Waals surface area (Å²) in [6.45, 7) is 0. The summed E-state index contributed by atoms with van der Waals surface area (Å²) in [5, 5.41) is 0. The van der Waals surface area contributed by atoms with Gasteiger partial charge in [0.2, 0.25) is 0 Å². The van der Waals surface area contributed by atoms with Crippen LogP contribution in [0.15, 0.2) is 42.7 Å². The molecule has 0 atom stereocenters. The summed E-state index contributed by atoms with van der Waals surface area (Å²) in [6, 6.07) is 6.31. The molecule has 2 N–H and O–H groups in total. The van der Waals surface area contributed by atoms with E-state index in [2.05, 4.69) is 9.72 Å². The lowest BCUT2D eigenvalue weighted by molar-refractivity contribution is -0.274. The van der Waals surface area contributed by atoms with Crippen LogP contribution < -0.4 is 10.5 Å². The van der Waals surface area contributed by atoms with Crippen LogP contribution in [-0.2, 0) is 0 Å². The van der Waals surface area contributed by atoms with Crippen LogP contribution in [0.4, 0.5) is 18.9 Å². The van der Waals surface area contributed by atoms with E-state index in [1.54, 1.807) is 6.07 Å². The van der Waals surface area contributed by atoms with Crippen LogP contribution >= 0.6 is 0 Å². The summed E-state index contributed by atoms with van der Waals surface area (Å²) in [5.74, 6) is -1.03. The first-order valence-corrected chi connectivity index (χ1v) is 5.46. The fourth-order valence-corrected chi connectivity index (χ4v) is 1.61. The van der Waals surface area contributed by atoms with Crippen molar-refractivity contribution in [1.82, 2.24) is 4.98 Å². The Labute approximate surface area is 112 Å². The van der Waals surface area contributed by atoms with E-state index in [0.29, 0.717) is 0 Å². The van der Waals surface area contributed by atoms with Gasteiger partial charge < -0.3 is 10.5 Å². The number of carbonyl (C=O) groups is 1. The molecule has 0 fully saturated rings. The third-order valence-corrected chi connectivity index (χ3v) is 2.35. The van der Waals surface area contributed by atoms with Crippen LogP contribution in [-0.4, -0.2) is 17.1 Å². The van der Waals surface area contributed by atoms with Crippen molar-refractivity contribution < 1.29 is 22.7 Å². The predicted molar refractivity (Wildman–Crippen MR) is 65.2 cm³/mol. The van der Waals surface area contributed by atoms with Gasteiger partial charge in [0.05, 0.1) is 0 Å². The van der Waals surface area contributed by atoms with Gasteiger partial charge in [0.15, 0.2) is 5.78 Å². The van der Waals surface area contributed by atoms with Crippen molar-refractivity contribution in [3.05, 3.63) is 53.9 Å². The Kier molecular flexibility index (Phi) is 3.60. The summed E-state index contributed by atoms with van der Waals surface area (Å²) in [7, 11) is 0. The number of rotatable bonds is 3. The van der Waals surface area contributed by atoms with Crippen LogP contribution in [0.25, 0.3) is 0 Å². The van der Waals surface area contributed by atoms with Crippen molar-refractivity contribution in [3.63, 3.8) is 0 Å². The lowest BCUT2D eigenvalue weighted by atomic mass is 10.0. The van der Waals surface area contributed by atoms with Gasteiger partial charge in [-0.2, -0.15) is 0 Å². The van der Waals surface area contributed by atoms with E-state index in [1.165, 1.54) is 24.5 Å². The number of hydrogen-bond acceptors (Lipinski definition) is 4. The number of ketones is 1. The van der Waals surface area contributed by atoms with Gasteiger partial charge in [-0.05, 0) is 24.3 Å². The standard InChI is InChI=1S/C13H9F3N2O2/c14-13(15,16)20-11-5-9(4-10(17)6-11)12(19)8-2-1-3-18-7-8/h1-7H,17H2. The highest BCUT2D eigenvalue weighted by Crippen LogP contribution is 2.26. The van der Waals surface area contributed by atoms with E-state index >= 15 is 0 Å². The van der Waals surface area contributed by atoms with Gasteiger partial charge in [0, 0.05) is 35.3 Å². The van der Waals surface area contributed by atoms with E-state index in [4.69, 9.17) is 5.73 Å². The summed E-state index contributed by atoms with van der Waals surface area (Å²) >= 11 is 0. The lowest BCUT2D eigenvalue weighted by Crippen LogP contribution is -2.17. The molecule has 0 radical (unpaired) electrons. The predicted octanol–water partition coefficient (Wildman–Crippen LogP) is 2.79. The molecule has 0 saturated carbocycles. The van der Waals surface area contributed by atoms with E-state index in [0.717, 1.165) is 12.1 Å². The molecule has 4 nitrogen and oxygen atoms in total. The molecule has 2 rings (SSSR count). The quantitative estimate of drug-likeness (QED) is 0.694. The molecule has 0 aliphatic heterocycles. The number of pyridine rings is 1. The largest absolute Gasteiger partial charge is 0.573 e. The van der Waals surface area contributed by atoms with Gasteiger partial charge in [0.25, 0.3) is 0 Å². The number of benzene rings is 1. The average molecular weight is 282 g/mol. The molecule has 0 unspecified atom stereocenters. The molecular weight excluding hydrogens is 273 g/mol. The third-order valence-electron chi connectivity index (χ3n) is 2.35. The van der Waals surface area contributed by atoms with Crippen molar-refractivity contribution in [2.24, 2.45) is 0 Å². The first-order chi connectivity index (χ1) is 9.35. The minimum atomic E-state index is -4.84. The number of nitrogens with zero attached hydrogens (tertiary/aromatic N) is 1. The number of ether oxygens (including phenoxy) is 1. The van der Waals surface area contributed by atoms with Gasteiger partial charge >= 0.3 is 6.36 Å². The fourth-order valence-electron chi connectivity index (χ4n) is 1.61. The maximum atomic E-state index is 12.2. The van der Waals surface area contributed by atoms with Gasteiger partial charge in [-0.1, -0.05) is 0 Å². The van der Waals surface area contributed by atoms with Crippen LogP contribution in [0, 0.1) is 0 Å². The Balaban J connectivity index is 2.35. The topological polar surface area (TPSA) is 65.2 Å². The Hall–Kier alpha value is -2.57. The molecule has 104 valence electrons. The van der Waals surface area contributed by atoms with Crippen molar-refractivity contribution in [1.29, 1.82) is 0 Å². The average Bonchev–Trinajstić information content (AvgIpc) is 2.36. The molecule has 0 bridgehead atoms. The maximum Gasteiger partial charge on any atom is 0.573 e. The van der Waals surface area contributed by atoms with Gasteiger partial charge in [-0.15, -0.1) is 13.2 Å². The Morgan fingerprint density at radius 2 is 1.95 bits per heavy atom. The second-order valence-corrected chi connectivity index (χ2v) is 3.91. The SMILES string of the molecule is Nc1cc(OC(F)(F)F)cc(C(=O)c2cccnc2)c1. The van der Waals surface area contributed by atoms with Crippen molar-refractivity contribution >= 4 is 11.5 Å². The van der Waals surface area contributed by atoms with E-state index in [1.807, 2.05) is 0 Å². The van der Waals surface area contributed by atoms with E-state index in [-0.39, 0.29) is 16.8 Å². The van der Waals surface area contributed by atoms with Crippen molar-refractivity contribution in [2.75, 3.05) is 5.73 Å². The molecule has 0 amide bonds. The number of aromatic nitrogens is 1. The molecule has 0 aliphatic carbocycles. The van der Waals surface area contributed by atoms with Gasteiger partial charge in [0.1, 0.15) is 5.75 Å². The van der Waals surface area contributed by atoms with Crippen LogP contribution in [0.1, 0.15) is 15.9 Å². The smallest absolute Gasteiger partial charge is 0.406 e. The molecule has 0 saturated heterocycles. The zero-order chi connectivity index (χ0) is 14.8. The van der Waals surface area contributed by atoms with Crippen LogP contribution in [0.2, 0.25) is 0 Å². The molecule has 0 spiro atoms. The van der Waals surface area contributed by atoms with Crippen LogP contribution in [0.3, 0.4) is 0 Å². The first-order valence-electron chi connectivity index (χ1n) is 5.46. The molecule has 1 aromatic heterocycles. The second kappa shape index (κ2) is 5.20. The molecule has 7 heteroatoms. The van der Waals surface area contributed by atoms with Crippen LogP contribution in [0.5, 0.6) is 5.75 Å². The molecule has 2 aromatic rings. The number of nitrogens with two attached hydrogens (primary N) is 1. The molecule has 0 aliphatic rings. The summed E-state index contributed by atoms with van der Waals surface area (Å²) in [6.07, 6.45) is -2.05. The summed E-state index contributed by atoms with van der Waals surface area (Å²) in [4.78, 5) is 15.9. The number of carbonyl (C=O) groups excluding carboxylic acids is 1. The second-order valence-electron chi connectivity index (χ2n) is 3.91. The van der Waals surface area contributed by atoms with E-state index in [9.17, 15) is 18.0 Å². The third kappa shape index (κ3) is 3.47. The normalized spacial score (nSPS) is 11.2. The molecular formula is C13H9F3N2O2. The maximum absolute atomic E-state index is 12.2. The number of alkyl halides is 3. The monoisotopic (exact) mass is 282 g/mol. The highest BCUT2D eigenvalue weighted by Gasteiger charge is 2.31.